The van der Waals surface area contributed by atoms with Gasteiger partial charge in [0.2, 0.25) is 5.95 Å². The molecule has 0 aliphatic carbocycles. The minimum absolute atomic E-state index is 0.169. The number of rotatable bonds is 2. The molecule has 16 heavy (non-hydrogen) atoms. The van der Waals surface area contributed by atoms with Gasteiger partial charge in [0.25, 0.3) is 0 Å². The number of thioether (sulfide) groups is 1. The Morgan fingerprint density at radius 2 is 2.06 bits per heavy atom. The average molecular weight is 234 g/mol. The van der Waals surface area contributed by atoms with E-state index in [0.29, 0.717) is 16.5 Å². The lowest BCUT2D eigenvalue weighted by Crippen LogP contribution is -2.01. The molecule has 6 heteroatoms. The molecular formula is C10H10N4OS. The zero-order chi connectivity index (χ0) is 11.5. The fraction of sp³-hybridized carbons (Fsp3) is 0.100. The van der Waals surface area contributed by atoms with E-state index >= 15 is 0 Å². The van der Waals surface area contributed by atoms with Crippen LogP contribution in [0.4, 0.5) is 5.95 Å². The highest BCUT2D eigenvalue weighted by atomic mass is 32.2. The summed E-state index contributed by atoms with van der Waals surface area (Å²) in [6.45, 7) is 0. The number of hydrogen-bond acceptors (Lipinski definition) is 6. The molecule has 0 spiro atoms. The van der Waals surface area contributed by atoms with Crippen LogP contribution in [0.2, 0.25) is 0 Å². The van der Waals surface area contributed by atoms with Crippen LogP contribution in [0.3, 0.4) is 0 Å². The van der Waals surface area contributed by atoms with Crippen molar-refractivity contribution in [2.45, 2.75) is 5.16 Å². The summed E-state index contributed by atoms with van der Waals surface area (Å²) in [5.74, 6) is 0.813. The predicted octanol–water partition coefficient (Wildman–Crippen LogP) is 1.55. The van der Waals surface area contributed by atoms with Crippen molar-refractivity contribution in [1.82, 2.24) is 15.0 Å². The van der Waals surface area contributed by atoms with E-state index in [-0.39, 0.29) is 11.7 Å². The third-order valence-electron chi connectivity index (χ3n) is 1.92. The predicted molar refractivity (Wildman–Crippen MR) is 63.1 cm³/mol. The molecule has 0 bridgehead atoms. The second kappa shape index (κ2) is 4.36. The van der Waals surface area contributed by atoms with Gasteiger partial charge in [0, 0.05) is 5.56 Å². The van der Waals surface area contributed by atoms with E-state index in [9.17, 15) is 5.11 Å². The lowest BCUT2D eigenvalue weighted by molar-refractivity contribution is 0.475. The average Bonchev–Trinajstić information content (AvgIpc) is 2.28. The number of anilines is 1. The number of phenolic OH excluding ortho intramolecular Hbond substituents is 1. The number of aromatic nitrogens is 3. The molecule has 2 aromatic rings. The summed E-state index contributed by atoms with van der Waals surface area (Å²) < 4.78 is 0. The largest absolute Gasteiger partial charge is 0.508 e. The van der Waals surface area contributed by atoms with Crippen LogP contribution >= 0.6 is 11.8 Å². The minimum Gasteiger partial charge on any atom is -0.508 e. The van der Waals surface area contributed by atoms with Crippen LogP contribution in [0, 0.1) is 0 Å². The molecule has 0 saturated carbocycles. The van der Waals surface area contributed by atoms with E-state index in [1.54, 1.807) is 24.3 Å². The first-order valence-electron chi connectivity index (χ1n) is 4.54. The number of nitrogens with zero attached hydrogens (tertiary/aromatic N) is 3. The van der Waals surface area contributed by atoms with Crippen LogP contribution < -0.4 is 5.73 Å². The molecule has 0 amide bonds. The van der Waals surface area contributed by atoms with Gasteiger partial charge in [-0.05, 0) is 18.4 Å². The highest BCUT2D eigenvalue weighted by Crippen LogP contribution is 2.21. The van der Waals surface area contributed by atoms with Gasteiger partial charge in [0.15, 0.2) is 11.0 Å². The zero-order valence-corrected chi connectivity index (χ0v) is 9.40. The first-order chi connectivity index (χ1) is 7.69. The quantitative estimate of drug-likeness (QED) is 0.767. The Morgan fingerprint density at radius 1 is 1.25 bits per heavy atom. The second-order valence-electron chi connectivity index (χ2n) is 3.05. The van der Waals surface area contributed by atoms with Crippen molar-refractivity contribution in [3.63, 3.8) is 0 Å². The standard InChI is InChI=1S/C10H10N4OS/c1-16-10-13-8(12-9(11)14-10)6-3-2-4-7(15)5-6/h2-5,15H,1H3,(H2,11,12,13,14). The first-order valence-corrected chi connectivity index (χ1v) is 5.76. The maximum absolute atomic E-state index is 9.36. The van der Waals surface area contributed by atoms with Gasteiger partial charge in [-0.2, -0.15) is 9.97 Å². The first kappa shape index (κ1) is 10.7. The van der Waals surface area contributed by atoms with Crippen molar-refractivity contribution in [3.8, 4) is 17.1 Å². The van der Waals surface area contributed by atoms with Crippen molar-refractivity contribution in [3.05, 3.63) is 24.3 Å². The Kier molecular flexibility index (Phi) is 2.91. The Labute approximate surface area is 96.8 Å². The fourth-order valence-corrected chi connectivity index (χ4v) is 1.60. The number of nitrogens with two attached hydrogens (primary N) is 1. The molecule has 5 nitrogen and oxygen atoms in total. The summed E-state index contributed by atoms with van der Waals surface area (Å²) in [6.07, 6.45) is 1.86. The summed E-state index contributed by atoms with van der Waals surface area (Å²) in [5, 5.41) is 9.92. The molecule has 1 aromatic carbocycles. The zero-order valence-electron chi connectivity index (χ0n) is 8.58. The lowest BCUT2D eigenvalue weighted by Gasteiger charge is -2.03. The monoisotopic (exact) mass is 234 g/mol. The van der Waals surface area contributed by atoms with Gasteiger partial charge in [0.05, 0.1) is 0 Å². The fourth-order valence-electron chi connectivity index (χ4n) is 1.24. The van der Waals surface area contributed by atoms with Crippen molar-refractivity contribution in [2.75, 3.05) is 12.0 Å². The Bertz CT molecular complexity index is 518. The summed E-state index contributed by atoms with van der Waals surface area (Å²) in [5.41, 5.74) is 6.28. The maximum atomic E-state index is 9.36. The van der Waals surface area contributed by atoms with E-state index in [2.05, 4.69) is 15.0 Å². The van der Waals surface area contributed by atoms with Crippen molar-refractivity contribution in [1.29, 1.82) is 0 Å². The molecule has 0 fully saturated rings. The van der Waals surface area contributed by atoms with E-state index in [1.807, 2.05) is 6.26 Å². The van der Waals surface area contributed by atoms with Crippen LogP contribution in [0.25, 0.3) is 11.4 Å². The summed E-state index contributed by atoms with van der Waals surface area (Å²) >= 11 is 1.39. The highest BCUT2D eigenvalue weighted by Gasteiger charge is 2.06. The molecule has 0 radical (unpaired) electrons. The van der Waals surface area contributed by atoms with E-state index in [0.717, 1.165) is 0 Å². The Balaban J connectivity index is 2.51. The van der Waals surface area contributed by atoms with Crippen LogP contribution in [0.1, 0.15) is 0 Å². The summed E-state index contributed by atoms with van der Waals surface area (Å²) in [4.78, 5) is 12.2. The molecule has 82 valence electrons. The minimum atomic E-state index is 0.169. The number of phenols is 1. The van der Waals surface area contributed by atoms with Gasteiger partial charge < -0.3 is 10.8 Å². The van der Waals surface area contributed by atoms with Crippen LogP contribution in [-0.4, -0.2) is 26.3 Å². The number of aromatic hydroxyl groups is 1. The van der Waals surface area contributed by atoms with Gasteiger partial charge in [-0.15, -0.1) is 0 Å². The topological polar surface area (TPSA) is 84.9 Å². The van der Waals surface area contributed by atoms with E-state index < -0.39 is 0 Å². The summed E-state index contributed by atoms with van der Waals surface area (Å²) in [7, 11) is 0. The van der Waals surface area contributed by atoms with Gasteiger partial charge in [-0.3, -0.25) is 0 Å². The second-order valence-corrected chi connectivity index (χ2v) is 3.83. The molecular weight excluding hydrogens is 224 g/mol. The smallest absolute Gasteiger partial charge is 0.224 e. The van der Waals surface area contributed by atoms with Crippen molar-refractivity contribution >= 4 is 17.7 Å². The molecule has 1 aromatic heterocycles. The third kappa shape index (κ3) is 2.22. The number of nitrogen functional groups attached to an aromatic ring is 1. The van der Waals surface area contributed by atoms with Crippen LogP contribution in [0.15, 0.2) is 29.4 Å². The number of hydrogen-bond donors (Lipinski definition) is 2. The van der Waals surface area contributed by atoms with Crippen LogP contribution in [0.5, 0.6) is 5.75 Å². The maximum Gasteiger partial charge on any atom is 0.224 e. The Morgan fingerprint density at radius 3 is 2.75 bits per heavy atom. The SMILES string of the molecule is CSc1nc(N)nc(-c2cccc(O)c2)n1. The van der Waals surface area contributed by atoms with E-state index in [1.165, 1.54) is 11.8 Å². The van der Waals surface area contributed by atoms with Crippen LogP contribution in [-0.2, 0) is 0 Å². The molecule has 0 atom stereocenters. The summed E-state index contributed by atoms with van der Waals surface area (Å²) in [6, 6.07) is 6.70. The molecule has 0 aliphatic heterocycles. The van der Waals surface area contributed by atoms with Gasteiger partial charge in [-0.1, -0.05) is 23.9 Å². The van der Waals surface area contributed by atoms with Crippen molar-refractivity contribution in [2.24, 2.45) is 0 Å². The van der Waals surface area contributed by atoms with E-state index in [4.69, 9.17) is 5.73 Å². The molecule has 0 saturated heterocycles. The van der Waals surface area contributed by atoms with Crippen molar-refractivity contribution < 1.29 is 5.11 Å². The Hall–Kier alpha value is -1.82. The molecule has 0 unspecified atom stereocenters. The van der Waals surface area contributed by atoms with Gasteiger partial charge in [-0.25, -0.2) is 4.98 Å². The number of benzene rings is 1. The van der Waals surface area contributed by atoms with Gasteiger partial charge >= 0.3 is 0 Å². The van der Waals surface area contributed by atoms with Gasteiger partial charge in [0.1, 0.15) is 5.75 Å². The lowest BCUT2D eigenvalue weighted by atomic mass is 10.2. The molecule has 3 N–H and O–H groups in total. The third-order valence-corrected chi connectivity index (χ3v) is 2.47. The highest BCUT2D eigenvalue weighted by molar-refractivity contribution is 7.98. The molecule has 0 aliphatic rings. The molecule has 1 heterocycles. The normalized spacial score (nSPS) is 10.3. The molecule has 2 rings (SSSR count).